The van der Waals surface area contributed by atoms with E-state index in [-0.39, 0.29) is 0 Å². The fourth-order valence-electron chi connectivity index (χ4n) is 2.48. The van der Waals surface area contributed by atoms with Crippen molar-refractivity contribution < 1.29 is 0 Å². The fraction of sp³-hybridized carbons (Fsp3) is 0.444. The van der Waals surface area contributed by atoms with Crippen molar-refractivity contribution in [3.8, 4) is 5.69 Å². The molecule has 0 bridgehead atoms. The molecule has 1 aromatic carbocycles. The smallest absolute Gasteiger partial charge is 0.0453 e. The van der Waals surface area contributed by atoms with Gasteiger partial charge >= 0.3 is 0 Å². The Kier molecular flexibility index (Phi) is 7.04. The molecule has 1 N–H and O–H groups in total. The van der Waals surface area contributed by atoms with E-state index < -0.39 is 0 Å². The highest BCUT2D eigenvalue weighted by Gasteiger charge is 2.02. The van der Waals surface area contributed by atoms with E-state index in [0.29, 0.717) is 0 Å². The van der Waals surface area contributed by atoms with Crippen LogP contribution in [0.5, 0.6) is 0 Å². The van der Waals surface area contributed by atoms with Crippen LogP contribution in [0.3, 0.4) is 0 Å². The number of nitrogens with zero attached hydrogens (tertiary/aromatic N) is 1. The van der Waals surface area contributed by atoms with Gasteiger partial charge in [0.25, 0.3) is 0 Å². The predicted molar refractivity (Wildman–Crippen MR) is 93.9 cm³/mol. The number of hydrogen-bond donors (Lipinski definition) is 1. The zero-order chi connectivity index (χ0) is 14.9. The van der Waals surface area contributed by atoms with Crippen LogP contribution in [0.1, 0.15) is 44.7 Å². The third-order valence-electron chi connectivity index (χ3n) is 3.70. The minimum absolute atomic E-state index is 0.927. The molecular weight excluding hydrogens is 324 g/mol. The molecule has 2 rings (SSSR count). The van der Waals surface area contributed by atoms with Crippen molar-refractivity contribution in [1.82, 2.24) is 9.88 Å². The van der Waals surface area contributed by atoms with Crippen molar-refractivity contribution in [3.05, 3.63) is 52.8 Å². The summed E-state index contributed by atoms with van der Waals surface area (Å²) in [5.74, 6) is 0. The van der Waals surface area contributed by atoms with Gasteiger partial charge in [-0.2, -0.15) is 0 Å². The fourth-order valence-corrected chi connectivity index (χ4v) is 2.75. The van der Waals surface area contributed by atoms with E-state index in [1.165, 1.54) is 43.5 Å². The van der Waals surface area contributed by atoms with Gasteiger partial charge in [-0.3, -0.25) is 0 Å². The Morgan fingerprint density at radius 3 is 2.52 bits per heavy atom. The van der Waals surface area contributed by atoms with Gasteiger partial charge in [-0.25, -0.2) is 0 Å². The van der Waals surface area contributed by atoms with E-state index >= 15 is 0 Å². The lowest BCUT2D eigenvalue weighted by Crippen LogP contribution is -2.16. The molecule has 0 radical (unpaired) electrons. The largest absolute Gasteiger partial charge is 0.320 e. The molecule has 0 saturated heterocycles. The van der Waals surface area contributed by atoms with E-state index in [1.54, 1.807) is 0 Å². The lowest BCUT2D eigenvalue weighted by atomic mass is 10.1. The first-order valence-corrected chi connectivity index (χ1v) is 8.73. The van der Waals surface area contributed by atoms with Crippen LogP contribution in [-0.4, -0.2) is 11.1 Å². The van der Waals surface area contributed by atoms with Gasteiger partial charge in [0.15, 0.2) is 0 Å². The van der Waals surface area contributed by atoms with Crippen LogP contribution >= 0.6 is 15.9 Å². The van der Waals surface area contributed by atoms with Gasteiger partial charge in [-0.1, -0.05) is 48.5 Å². The van der Waals surface area contributed by atoms with Gasteiger partial charge < -0.3 is 9.88 Å². The standard InChI is InChI=1S/C18H25BrN2/c1-2-3-4-5-6-13-20-15-18-8-7-14-21(18)17-11-9-16(19)10-12-17/h7-12,14,20H,2-6,13,15H2,1H3. The molecule has 0 spiro atoms. The second-order valence-corrected chi connectivity index (χ2v) is 6.35. The summed E-state index contributed by atoms with van der Waals surface area (Å²) < 4.78 is 3.36. The van der Waals surface area contributed by atoms with Gasteiger partial charge in [-0.05, 0) is 49.4 Å². The highest BCUT2D eigenvalue weighted by molar-refractivity contribution is 9.10. The van der Waals surface area contributed by atoms with E-state index in [1.807, 2.05) is 0 Å². The van der Waals surface area contributed by atoms with Gasteiger partial charge in [0.1, 0.15) is 0 Å². The highest BCUT2D eigenvalue weighted by atomic mass is 79.9. The first-order chi connectivity index (χ1) is 10.3. The monoisotopic (exact) mass is 348 g/mol. The Morgan fingerprint density at radius 1 is 1.00 bits per heavy atom. The van der Waals surface area contributed by atoms with Crippen LogP contribution in [0.25, 0.3) is 5.69 Å². The predicted octanol–water partition coefficient (Wildman–Crippen LogP) is 5.30. The summed E-state index contributed by atoms with van der Waals surface area (Å²) in [6.45, 7) is 4.29. The minimum atomic E-state index is 0.927. The number of benzene rings is 1. The molecule has 3 heteroatoms. The van der Waals surface area contributed by atoms with Crippen LogP contribution in [0, 0.1) is 0 Å². The lowest BCUT2D eigenvalue weighted by Gasteiger charge is -2.10. The molecule has 0 fully saturated rings. The maximum atomic E-state index is 3.56. The zero-order valence-electron chi connectivity index (χ0n) is 12.8. The number of unbranched alkanes of at least 4 members (excludes halogenated alkanes) is 4. The van der Waals surface area contributed by atoms with Crippen molar-refractivity contribution in [2.24, 2.45) is 0 Å². The first kappa shape index (κ1) is 16.3. The van der Waals surface area contributed by atoms with Crippen molar-refractivity contribution in [2.75, 3.05) is 6.54 Å². The molecule has 0 atom stereocenters. The summed E-state index contributed by atoms with van der Waals surface area (Å²) >= 11 is 3.48. The van der Waals surface area contributed by atoms with Gasteiger partial charge in [0.05, 0.1) is 0 Å². The van der Waals surface area contributed by atoms with Crippen molar-refractivity contribution in [1.29, 1.82) is 0 Å². The Morgan fingerprint density at radius 2 is 1.76 bits per heavy atom. The third kappa shape index (κ3) is 5.33. The van der Waals surface area contributed by atoms with E-state index in [9.17, 15) is 0 Å². The second-order valence-electron chi connectivity index (χ2n) is 5.44. The molecule has 1 heterocycles. The van der Waals surface area contributed by atoms with Crippen molar-refractivity contribution in [2.45, 2.75) is 45.6 Å². The van der Waals surface area contributed by atoms with Crippen LogP contribution in [-0.2, 0) is 6.54 Å². The summed E-state index contributed by atoms with van der Waals surface area (Å²) in [4.78, 5) is 0. The maximum Gasteiger partial charge on any atom is 0.0453 e. The van der Waals surface area contributed by atoms with Crippen molar-refractivity contribution in [3.63, 3.8) is 0 Å². The first-order valence-electron chi connectivity index (χ1n) is 7.94. The normalized spacial score (nSPS) is 11.0. The van der Waals surface area contributed by atoms with Crippen LogP contribution in [0.2, 0.25) is 0 Å². The third-order valence-corrected chi connectivity index (χ3v) is 4.23. The average molecular weight is 349 g/mol. The summed E-state index contributed by atoms with van der Waals surface area (Å²) in [6, 6.07) is 12.7. The Hall–Kier alpha value is -1.06. The molecule has 0 unspecified atom stereocenters. The zero-order valence-corrected chi connectivity index (χ0v) is 14.4. The second kappa shape index (κ2) is 9.06. The SMILES string of the molecule is CCCCCCCNCc1cccn1-c1ccc(Br)cc1. The van der Waals surface area contributed by atoms with Crippen molar-refractivity contribution >= 4 is 15.9 Å². The molecule has 114 valence electrons. The highest BCUT2D eigenvalue weighted by Crippen LogP contribution is 2.16. The Balaban J connectivity index is 1.79. The summed E-state index contributed by atoms with van der Waals surface area (Å²) in [5.41, 5.74) is 2.52. The van der Waals surface area contributed by atoms with Gasteiger partial charge in [0.2, 0.25) is 0 Å². The van der Waals surface area contributed by atoms with E-state index in [2.05, 4.69) is 75.3 Å². The molecular formula is C18H25BrN2. The number of aromatic nitrogens is 1. The van der Waals surface area contributed by atoms with Crippen LogP contribution < -0.4 is 5.32 Å². The molecule has 2 nitrogen and oxygen atoms in total. The number of halogens is 1. The molecule has 0 saturated carbocycles. The molecule has 0 aliphatic carbocycles. The molecule has 1 aromatic heterocycles. The quantitative estimate of drug-likeness (QED) is 0.608. The van der Waals surface area contributed by atoms with E-state index in [4.69, 9.17) is 0 Å². The van der Waals surface area contributed by atoms with Crippen LogP contribution in [0.15, 0.2) is 47.1 Å². The summed E-state index contributed by atoms with van der Waals surface area (Å²) in [6.07, 6.45) is 8.79. The molecule has 21 heavy (non-hydrogen) atoms. The number of rotatable bonds is 9. The lowest BCUT2D eigenvalue weighted by molar-refractivity contribution is 0.578. The molecule has 0 amide bonds. The Bertz CT molecular complexity index is 516. The molecule has 0 aliphatic heterocycles. The topological polar surface area (TPSA) is 17.0 Å². The average Bonchev–Trinajstić information content (AvgIpc) is 2.95. The summed E-state index contributed by atoms with van der Waals surface area (Å²) in [7, 11) is 0. The Labute approximate surface area is 136 Å². The number of hydrogen-bond acceptors (Lipinski definition) is 1. The van der Waals surface area contributed by atoms with Crippen LogP contribution in [0.4, 0.5) is 0 Å². The minimum Gasteiger partial charge on any atom is -0.320 e. The molecule has 2 aromatic rings. The maximum absolute atomic E-state index is 3.56. The van der Waals surface area contributed by atoms with E-state index in [0.717, 1.165) is 17.6 Å². The van der Waals surface area contributed by atoms with Gasteiger partial charge in [0, 0.05) is 28.6 Å². The molecule has 0 aliphatic rings. The van der Waals surface area contributed by atoms with Gasteiger partial charge in [-0.15, -0.1) is 0 Å². The summed E-state index contributed by atoms with van der Waals surface area (Å²) in [5, 5.41) is 3.56. The number of nitrogens with one attached hydrogen (secondary N) is 1.